The van der Waals surface area contributed by atoms with E-state index in [1.165, 1.54) is 5.56 Å². The van der Waals surface area contributed by atoms with E-state index < -0.39 is 0 Å². The number of pyridine rings is 1. The molecule has 0 saturated heterocycles. The van der Waals surface area contributed by atoms with Crippen molar-refractivity contribution in [2.24, 2.45) is 0 Å². The topological polar surface area (TPSA) is 37.6 Å². The second-order valence-corrected chi connectivity index (χ2v) is 5.71. The van der Waals surface area contributed by atoms with Gasteiger partial charge in [-0.25, -0.2) is 4.98 Å². The van der Waals surface area contributed by atoms with Gasteiger partial charge in [0.1, 0.15) is 11.3 Å². The van der Waals surface area contributed by atoms with Crippen LogP contribution in [0.25, 0.3) is 5.65 Å². The molecule has 4 heteroatoms. The van der Waals surface area contributed by atoms with Gasteiger partial charge in [-0.15, -0.1) is 0 Å². The van der Waals surface area contributed by atoms with Gasteiger partial charge in [0.15, 0.2) is 0 Å². The Kier molecular flexibility index (Phi) is 2.96. The maximum Gasteiger partial charge on any atom is 0.278 e. The number of imidazole rings is 1. The van der Waals surface area contributed by atoms with Crippen LogP contribution in [0.4, 0.5) is 5.69 Å². The molecular weight excluding hydrogens is 274 g/mol. The predicted molar refractivity (Wildman–Crippen MR) is 86.4 cm³/mol. The lowest BCUT2D eigenvalue weighted by atomic mass is 10.0. The first-order valence-electron chi connectivity index (χ1n) is 7.58. The fraction of sp³-hybridized carbons (Fsp3) is 0.222. The average Bonchev–Trinajstić information content (AvgIpc) is 2.99. The van der Waals surface area contributed by atoms with Gasteiger partial charge in [-0.3, -0.25) is 4.79 Å². The highest BCUT2D eigenvalue weighted by Crippen LogP contribution is 2.28. The first kappa shape index (κ1) is 13.1. The van der Waals surface area contributed by atoms with E-state index in [9.17, 15) is 4.79 Å². The molecular formula is C18H17N3O. The van der Waals surface area contributed by atoms with Gasteiger partial charge in [0.05, 0.1) is 0 Å². The number of benzene rings is 1. The van der Waals surface area contributed by atoms with Crippen molar-refractivity contribution < 1.29 is 4.79 Å². The number of hydrogen-bond acceptors (Lipinski definition) is 2. The quantitative estimate of drug-likeness (QED) is 0.690. The average molecular weight is 291 g/mol. The highest BCUT2D eigenvalue weighted by molar-refractivity contribution is 6.05. The number of aryl methyl sites for hydroxylation is 2. The summed E-state index contributed by atoms with van der Waals surface area (Å²) in [5.74, 6) is -0.0183. The SMILES string of the molecule is Cc1cccc2nc(C(=O)N3CCCc4ccccc43)cn12. The largest absolute Gasteiger partial charge is 0.307 e. The minimum Gasteiger partial charge on any atom is -0.307 e. The molecule has 0 fully saturated rings. The molecule has 110 valence electrons. The second kappa shape index (κ2) is 4.98. The zero-order chi connectivity index (χ0) is 15.1. The number of rotatable bonds is 1. The number of nitrogens with zero attached hydrogens (tertiary/aromatic N) is 3. The van der Waals surface area contributed by atoms with Crippen molar-refractivity contribution in [2.75, 3.05) is 11.4 Å². The number of carbonyl (C=O) groups excluding carboxylic acids is 1. The second-order valence-electron chi connectivity index (χ2n) is 5.71. The predicted octanol–water partition coefficient (Wildman–Crippen LogP) is 3.24. The minimum atomic E-state index is -0.0183. The molecule has 0 unspecified atom stereocenters. The summed E-state index contributed by atoms with van der Waals surface area (Å²) >= 11 is 0. The van der Waals surface area contributed by atoms with Crippen molar-refractivity contribution in [1.82, 2.24) is 9.38 Å². The smallest absolute Gasteiger partial charge is 0.278 e. The summed E-state index contributed by atoms with van der Waals surface area (Å²) in [5, 5.41) is 0. The Morgan fingerprint density at radius 1 is 1.14 bits per heavy atom. The van der Waals surface area contributed by atoms with Crippen LogP contribution in [0.5, 0.6) is 0 Å². The number of anilines is 1. The Hall–Kier alpha value is -2.62. The minimum absolute atomic E-state index is 0.0183. The molecule has 3 heterocycles. The third-order valence-electron chi connectivity index (χ3n) is 4.27. The lowest BCUT2D eigenvalue weighted by molar-refractivity contribution is 0.0981. The molecule has 1 aliphatic heterocycles. The first-order valence-corrected chi connectivity index (χ1v) is 7.58. The van der Waals surface area contributed by atoms with Crippen molar-refractivity contribution in [3.05, 3.63) is 65.6 Å². The van der Waals surface area contributed by atoms with Crippen molar-refractivity contribution in [1.29, 1.82) is 0 Å². The summed E-state index contributed by atoms with van der Waals surface area (Å²) < 4.78 is 1.96. The molecule has 0 atom stereocenters. The number of hydrogen-bond donors (Lipinski definition) is 0. The molecule has 22 heavy (non-hydrogen) atoms. The molecule has 0 aliphatic carbocycles. The summed E-state index contributed by atoms with van der Waals surface area (Å²) in [6.07, 6.45) is 3.86. The molecule has 1 amide bonds. The van der Waals surface area contributed by atoms with E-state index in [2.05, 4.69) is 11.1 Å². The Bertz CT molecular complexity index is 866. The number of para-hydroxylation sites is 1. The van der Waals surface area contributed by atoms with Gasteiger partial charge in [0.25, 0.3) is 5.91 Å². The van der Waals surface area contributed by atoms with E-state index in [-0.39, 0.29) is 5.91 Å². The van der Waals surface area contributed by atoms with Crippen LogP contribution in [0, 0.1) is 6.92 Å². The molecule has 0 bridgehead atoms. The Morgan fingerprint density at radius 2 is 2.00 bits per heavy atom. The van der Waals surface area contributed by atoms with Crippen LogP contribution < -0.4 is 4.90 Å². The molecule has 0 spiro atoms. The van der Waals surface area contributed by atoms with Crippen LogP contribution in [-0.2, 0) is 6.42 Å². The van der Waals surface area contributed by atoms with Crippen LogP contribution in [0.1, 0.15) is 28.2 Å². The van der Waals surface area contributed by atoms with E-state index in [1.54, 1.807) is 0 Å². The zero-order valence-corrected chi connectivity index (χ0v) is 12.5. The Morgan fingerprint density at radius 3 is 2.86 bits per heavy atom. The van der Waals surface area contributed by atoms with Crippen LogP contribution >= 0.6 is 0 Å². The maximum atomic E-state index is 12.9. The summed E-state index contributed by atoms with van der Waals surface area (Å²) in [6, 6.07) is 14.0. The number of fused-ring (bicyclic) bond motifs is 2. The molecule has 4 nitrogen and oxygen atoms in total. The lowest BCUT2D eigenvalue weighted by Crippen LogP contribution is -2.35. The van der Waals surface area contributed by atoms with Gasteiger partial charge in [0, 0.05) is 24.1 Å². The summed E-state index contributed by atoms with van der Waals surface area (Å²) in [5.41, 5.74) is 4.65. The van der Waals surface area contributed by atoms with Crippen molar-refractivity contribution in [3.63, 3.8) is 0 Å². The van der Waals surface area contributed by atoms with Gasteiger partial charge >= 0.3 is 0 Å². The van der Waals surface area contributed by atoms with Gasteiger partial charge in [-0.2, -0.15) is 0 Å². The molecule has 0 saturated carbocycles. The summed E-state index contributed by atoms with van der Waals surface area (Å²) in [7, 11) is 0. The maximum absolute atomic E-state index is 12.9. The number of aromatic nitrogens is 2. The van der Waals surface area contributed by atoms with E-state index in [4.69, 9.17) is 0 Å². The molecule has 0 radical (unpaired) electrons. The number of amides is 1. The normalized spacial score (nSPS) is 14.1. The van der Waals surface area contributed by atoms with Gasteiger partial charge in [-0.05, 0) is 43.5 Å². The van der Waals surface area contributed by atoms with Crippen LogP contribution in [0.15, 0.2) is 48.7 Å². The van der Waals surface area contributed by atoms with Crippen LogP contribution in [0.3, 0.4) is 0 Å². The van der Waals surface area contributed by atoms with Gasteiger partial charge in [0.2, 0.25) is 0 Å². The Balaban J connectivity index is 1.77. The van der Waals surface area contributed by atoms with E-state index in [1.807, 2.05) is 58.8 Å². The molecule has 1 aliphatic rings. The van der Waals surface area contributed by atoms with Crippen LogP contribution in [-0.4, -0.2) is 21.8 Å². The van der Waals surface area contributed by atoms with Gasteiger partial charge < -0.3 is 9.30 Å². The van der Waals surface area contributed by atoms with Gasteiger partial charge in [-0.1, -0.05) is 24.3 Å². The molecule has 2 aromatic heterocycles. The summed E-state index contributed by atoms with van der Waals surface area (Å²) in [4.78, 5) is 19.2. The standard InChI is InChI=1S/C18H17N3O/c1-13-6-4-10-17-19-15(12-21(13)17)18(22)20-11-5-8-14-7-2-3-9-16(14)20/h2-4,6-7,9-10,12H,5,8,11H2,1H3. The van der Waals surface area contributed by atoms with Crippen molar-refractivity contribution in [2.45, 2.75) is 19.8 Å². The highest BCUT2D eigenvalue weighted by atomic mass is 16.2. The fourth-order valence-corrected chi connectivity index (χ4v) is 3.13. The van der Waals surface area contributed by atoms with E-state index >= 15 is 0 Å². The molecule has 0 N–H and O–H groups in total. The molecule has 1 aromatic carbocycles. The molecule has 3 aromatic rings. The van der Waals surface area contributed by atoms with Crippen LogP contribution in [0.2, 0.25) is 0 Å². The highest BCUT2D eigenvalue weighted by Gasteiger charge is 2.25. The number of carbonyl (C=O) groups is 1. The first-order chi connectivity index (χ1) is 10.7. The van der Waals surface area contributed by atoms with E-state index in [0.29, 0.717) is 5.69 Å². The van der Waals surface area contributed by atoms with E-state index in [0.717, 1.165) is 36.4 Å². The zero-order valence-electron chi connectivity index (χ0n) is 12.5. The lowest BCUT2D eigenvalue weighted by Gasteiger charge is -2.28. The van der Waals surface area contributed by atoms with Crippen molar-refractivity contribution in [3.8, 4) is 0 Å². The fourth-order valence-electron chi connectivity index (χ4n) is 3.13. The third-order valence-corrected chi connectivity index (χ3v) is 4.27. The Labute approximate surface area is 129 Å². The van der Waals surface area contributed by atoms with Crippen molar-refractivity contribution >= 4 is 17.2 Å². The monoisotopic (exact) mass is 291 g/mol. The molecule has 4 rings (SSSR count). The third kappa shape index (κ3) is 1.99. The summed E-state index contributed by atoms with van der Waals surface area (Å²) in [6.45, 7) is 2.77.